The molecule has 1 fully saturated rings. The van der Waals surface area contributed by atoms with E-state index < -0.39 is 5.97 Å². The molecule has 0 radical (unpaired) electrons. The molecule has 1 saturated carbocycles. The lowest BCUT2D eigenvalue weighted by atomic mass is 9.81. The molecule has 0 saturated heterocycles. The molecule has 1 rings (SSSR count). The molecule has 1 N–H and O–H groups in total. The zero-order chi connectivity index (χ0) is 12.8. The van der Waals surface area contributed by atoms with Gasteiger partial charge in [0.1, 0.15) is 0 Å². The van der Waals surface area contributed by atoms with Gasteiger partial charge in [0.05, 0.1) is 5.92 Å². The molecule has 4 heteroatoms. The van der Waals surface area contributed by atoms with Gasteiger partial charge >= 0.3 is 5.97 Å². The minimum absolute atomic E-state index is 0.0771. The summed E-state index contributed by atoms with van der Waals surface area (Å²) in [7, 11) is 1.82. The van der Waals surface area contributed by atoms with Gasteiger partial charge in [-0.3, -0.25) is 9.59 Å². The molecular weight excluding hydrogens is 218 g/mol. The van der Waals surface area contributed by atoms with Gasteiger partial charge in [0, 0.05) is 19.5 Å². The number of hydrogen-bond acceptors (Lipinski definition) is 2. The summed E-state index contributed by atoms with van der Waals surface area (Å²) in [6, 6.07) is 0. The Morgan fingerprint density at radius 3 is 2.53 bits per heavy atom. The van der Waals surface area contributed by atoms with Crippen LogP contribution in [0.3, 0.4) is 0 Å². The summed E-state index contributed by atoms with van der Waals surface area (Å²) in [5, 5.41) is 8.99. The van der Waals surface area contributed by atoms with Crippen LogP contribution < -0.4 is 0 Å². The summed E-state index contributed by atoms with van der Waals surface area (Å²) in [6.45, 7) is 2.88. The second-order valence-electron chi connectivity index (χ2n) is 5.01. The van der Waals surface area contributed by atoms with Gasteiger partial charge in [0.2, 0.25) is 5.91 Å². The lowest BCUT2D eigenvalue weighted by Gasteiger charge is -2.29. The molecule has 1 aliphatic carbocycles. The van der Waals surface area contributed by atoms with Crippen molar-refractivity contribution in [1.82, 2.24) is 4.90 Å². The van der Waals surface area contributed by atoms with Crippen molar-refractivity contribution in [2.45, 2.75) is 45.4 Å². The molecule has 2 unspecified atom stereocenters. The molecule has 4 nitrogen and oxygen atoms in total. The quantitative estimate of drug-likeness (QED) is 0.802. The smallest absolute Gasteiger partial charge is 0.306 e. The van der Waals surface area contributed by atoms with Gasteiger partial charge in [-0.05, 0) is 25.7 Å². The van der Waals surface area contributed by atoms with Crippen molar-refractivity contribution < 1.29 is 14.7 Å². The number of carboxylic acids is 1. The summed E-state index contributed by atoms with van der Waals surface area (Å²) in [5.41, 5.74) is 0. The van der Waals surface area contributed by atoms with Crippen molar-refractivity contribution in [3.63, 3.8) is 0 Å². The maximum absolute atomic E-state index is 12.1. The van der Waals surface area contributed by atoms with Crippen molar-refractivity contribution in [3.05, 3.63) is 0 Å². The van der Waals surface area contributed by atoms with Gasteiger partial charge in [0.15, 0.2) is 0 Å². The lowest BCUT2D eigenvalue weighted by molar-refractivity contribution is -0.145. The summed E-state index contributed by atoms with van der Waals surface area (Å²) >= 11 is 0. The number of aliphatic carboxylic acids is 1. The highest BCUT2D eigenvalue weighted by Gasteiger charge is 2.32. The number of nitrogens with zero attached hydrogens (tertiary/aromatic N) is 1. The van der Waals surface area contributed by atoms with Crippen LogP contribution in [0.5, 0.6) is 0 Å². The van der Waals surface area contributed by atoms with Crippen molar-refractivity contribution in [3.8, 4) is 0 Å². The van der Waals surface area contributed by atoms with E-state index in [0.717, 1.165) is 38.6 Å². The molecule has 98 valence electrons. The third kappa shape index (κ3) is 4.02. The fourth-order valence-corrected chi connectivity index (χ4v) is 2.46. The van der Waals surface area contributed by atoms with Gasteiger partial charge in [-0.15, -0.1) is 0 Å². The first kappa shape index (κ1) is 14.0. The average molecular weight is 241 g/mol. The fourth-order valence-electron chi connectivity index (χ4n) is 2.46. The van der Waals surface area contributed by atoms with Crippen LogP contribution in [0, 0.1) is 11.8 Å². The molecule has 0 heterocycles. The Balaban J connectivity index is 2.48. The summed E-state index contributed by atoms with van der Waals surface area (Å²) in [5.74, 6) is -1.02. The number of carbonyl (C=O) groups excluding carboxylic acids is 1. The van der Waals surface area contributed by atoms with Crippen LogP contribution in [0.2, 0.25) is 0 Å². The first-order valence-corrected chi connectivity index (χ1v) is 6.54. The van der Waals surface area contributed by atoms with Crippen LogP contribution in [0.4, 0.5) is 0 Å². The van der Waals surface area contributed by atoms with E-state index in [1.54, 1.807) is 4.90 Å². The van der Waals surface area contributed by atoms with E-state index in [1.165, 1.54) is 0 Å². The van der Waals surface area contributed by atoms with E-state index in [9.17, 15) is 9.59 Å². The minimum Gasteiger partial charge on any atom is -0.481 e. The Labute approximate surface area is 103 Å². The Morgan fingerprint density at radius 1 is 1.29 bits per heavy atom. The third-order valence-corrected chi connectivity index (χ3v) is 3.60. The molecule has 17 heavy (non-hydrogen) atoms. The molecule has 0 aromatic rings. The van der Waals surface area contributed by atoms with Crippen LogP contribution in [-0.2, 0) is 9.59 Å². The van der Waals surface area contributed by atoms with Crippen LogP contribution in [0.15, 0.2) is 0 Å². The number of unbranched alkanes of at least 4 members (excludes halogenated alkanes) is 1. The molecular formula is C13H23NO3. The maximum atomic E-state index is 12.1. The number of carboxylic acid groups (broad SMARTS) is 1. The standard InChI is InChI=1S/C13H23NO3/c1-3-4-8-14(2)12(15)10-6-5-7-11(9-10)13(16)17/h10-11H,3-9H2,1-2H3,(H,16,17). The van der Waals surface area contributed by atoms with E-state index in [-0.39, 0.29) is 17.7 Å². The average Bonchev–Trinajstić information content (AvgIpc) is 2.35. The first-order valence-electron chi connectivity index (χ1n) is 6.54. The number of hydrogen-bond donors (Lipinski definition) is 1. The fraction of sp³-hybridized carbons (Fsp3) is 0.846. The number of amides is 1. The lowest BCUT2D eigenvalue weighted by Crippen LogP contribution is -2.37. The number of carbonyl (C=O) groups is 2. The van der Waals surface area contributed by atoms with Gasteiger partial charge in [0.25, 0.3) is 0 Å². The van der Waals surface area contributed by atoms with E-state index >= 15 is 0 Å². The summed E-state index contributed by atoms with van der Waals surface area (Å²) in [6.07, 6.45) is 5.02. The highest BCUT2D eigenvalue weighted by molar-refractivity contribution is 5.80. The summed E-state index contributed by atoms with van der Waals surface area (Å²) in [4.78, 5) is 24.8. The largest absolute Gasteiger partial charge is 0.481 e. The Morgan fingerprint density at radius 2 is 1.94 bits per heavy atom. The molecule has 0 aromatic carbocycles. The SMILES string of the molecule is CCCCN(C)C(=O)C1CCCC(C(=O)O)C1. The van der Waals surface area contributed by atoms with Gasteiger partial charge < -0.3 is 10.0 Å². The second kappa shape index (κ2) is 6.62. The van der Waals surface area contributed by atoms with Crippen molar-refractivity contribution >= 4 is 11.9 Å². The summed E-state index contributed by atoms with van der Waals surface area (Å²) < 4.78 is 0. The van der Waals surface area contributed by atoms with Gasteiger partial charge in [-0.2, -0.15) is 0 Å². The molecule has 1 aliphatic rings. The Bertz CT molecular complexity index is 278. The second-order valence-corrected chi connectivity index (χ2v) is 5.01. The normalized spacial score (nSPS) is 24.4. The first-order chi connectivity index (χ1) is 8.06. The molecule has 1 amide bonds. The van der Waals surface area contributed by atoms with Crippen molar-refractivity contribution in [2.75, 3.05) is 13.6 Å². The maximum Gasteiger partial charge on any atom is 0.306 e. The molecule has 2 atom stereocenters. The Hall–Kier alpha value is -1.06. The molecule has 0 bridgehead atoms. The van der Waals surface area contributed by atoms with E-state index in [1.807, 2.05) is 7.05 Å². The zero-order valence-corrected chi connectivity index (χ0v) is 10.8. The van der Waals surface area contributed by atoms with Crippen LogP contribution >= 0.6 is 0 Å². The van der Waals surface area contributed by atoms with Crippen LogP contribution in [0.1, 0.15) is 45.4 Å². The highest BCUT2D eigenvalue weighted by Crippen LogP contribution is 2.30. The molecule has 0 spiro atoms. The van der Waals surface area contributed by atoms with Gasteiger partial charge in [-0.1, -0.05) is 19.8 Å². The third-order valence-electron chi connectivity index (χ3n) is 3.60. The molecule has 0 aliphatic heterocycles. The topological polar surface area (TPSA) is 57.6 Å². The highest BCUT2D eigenvalue weighted by atomic mass is 16.4. The van der Waals surface area contributed by atoms with Crippen molar-refractivity contribution in [2.24, 2.45) is 11.8 Å². The van der Waals surface area contributed by atoms with Crippen LogP contribution in [-0.4, -0.2) is 35.5 Å². The zero-order valence-electron chi connectivity index (χ0n) is 10.8. The van der Waals surface area contributed by atoms with E-state index in [4.69, 9.17) is 5.11 Å². The van der Waals surface area contributed by atoms with Crippen molar-refractivity contribution in [1.29, 1.82) is 0 Å². The Kier molecular flexibility index (Phi) is 5.45. The van der Waals surface area contributed by atoms with Crippen LogP contribution in [0.25, 0.3) is 0 Å². The molecule has 0 aromatic heterocycles. The number of rotatable bonds is 5. The van der Waals surface area contributed by atoms with E-state index in [2.05, 4.69) is 6.92 Å². The predicted octanol–water partition coefficient (Wildman–Crippen LogP) is 2.14. The minimum atomic E-state index is -0.751. The van der Waals surface area contributed by atoms with E-state index in [0.29, 0.717) is 6.42 Å². The monoisotopic (exact) mass is 241 g/mol. The van der Waals surface area contributed by atoms with Gasteiger partial charge in [-0.25, -0.2) is 0 Å². The predicted molar refractivity (Wildman–Crippen MR) is 65.6 cm³/mol.